The van der Waals surface area contributed by atoms with Gasteiger partial charge in [0.25, 0.3) is 0 Å². The molecular formula is C29H44N2OS. The van der Waals surface area contributed by atoms with Gasteiger partial charge in [0.2, 0.25) is 0 Å². The van der Waals surface area contributed by atoms with E-state index in [-0.39, 0.29) is 0 Å². The number of nitrogens with zero attached hydrogens (tertiary/aromatic N) is 2. The zero-order valence-corrected chi connectivity index (χ0v) is 22.0. The molecule has 0 spiro atoms. The number of ether oxygens (including phenoxy) is 1. The molecular weight excluding hydrogens is 424 g/mol. The van der Waals surface area contributed by atoms with Gasteiger partial charge in [-0.15, -0.1) is 0 Å². The Kier molecular flexibility index (Phi) is 11.5. The van der Waals surface area contributed by atoms with Crippen LogP contribution in [0.1, 0.15) is 78.6 Å². The van der Waals surface area contributed by atoms with Crippen LogP contribution >= 0.6 is 11.8 Å². The van der Waals surface area contributed by atoms with Crippen LogP contribution in [0, 0.1) is 0 Å². The Labute approximate surface area is 206 Å². The van der Waals surface area contributed by atoms with Crippen molar-refractivity contribution in [3.05, 3.63) is 42.5 Å². The van der Waals surface area contributed by atoms with Gasteiger partial charge in [-0.05, 0) is 63.2 Å². The van der Waals surface area contributed by atoms with Crippen LogP contribution in [-0.4, -0.2) is 37.7 Å². The van der Waals surface area contributed by atoms with Crippen LogP contribution < -0.4 is 9.64 Å². The van der Waals surface area contributed by atoms with E-state index in [2.05, 4.69) is 73.0 Å². The van der Waals surface area contributed by atoms with Crippen molar-refractivity contribution in [2.24, 2.45) is 0 Å². The minimum absolute atomic E-state index is 0.810. The fraction of sp³-hybridized carbons (Fsp3) is 0.586. The zero-order valence-electron chi connectivity index (χ0n) is 21.2. The molecule has 3 nitrogen and oxygen atoms in total. The number of hydrogen-bond donors (Lipinski definition) is 0. The van der Waals surface area contributed by atoms with Crippen LogP contribution in [0.25, 0.3) is 0 Å². The zero-order chi connectivity index (χ0) is 23.3. The van der Waals surface area contributed by atoms with E-state index in [0.717, 1.165) is 25.3 Å². The maximum absolute atomic E-state index is 6.08. The third-order valence-corrected chi connectivity index (χ3v) is 7.74. The summed E-state index contributed by atoms with van der Waals surface area (Å²) in [5, 5.41) is 0. The highest BCUT2D eigenvalue weighted by Gasteiger charge is 2.23. The lowest BCUT2D eigenvalue weighted by Gasteiger charge is -2.33. The van der Waals surface area contributed by atoms with E-state index in [1.165, 1.54) is 92.2 Å². The van der Waals surface area contributed by atoms with E-state index in [1.54, 1.807) is 0 Å². The molecule has 0 amide bonds. The molecule has 1 aliphatic heterocycles. The van der Waals surface area contributed by atoms with Gasteiger partial charge in [0.05, 0.1) is 18.0 Å². The smallest absolute Gasteiger partial charge is 0.121 e. The van der Waals surface area contributed by atoms with Gasteiger partial charge in [-0.3, -0.25) is 0 Å². The summed E-state index contributed by atoms with van der Waals surface area (Å²) in [6.07, 6.45) is 11.5. The van der Waals surface area contributed by atoms with E-state index in [9.17, 15) is 0 Å². The molecule has 182 valence electrons. The SMILES string of the molecule is CCCCCOc1ccc2c(c1)N(CCCCCCCCN(CC)CC)c1ccccc1S2. The van der Waals surface area contributed by atoms with E-state index < -0.39 is 0 Å². The van der Waals surface area contributed by atoms with E-state index in [1.807, 2.05) is 11.8 Å². The number of fused-ring (bicyclic) bond motifs is 2. The Morgan fingerprint density at radius 1 is 0.758 bits per heavy atom. The van der Waals surface area contributed by atoms with Crippen LogP contribution in [0.2, 0.25) is 0 Å². The average Bonchev–Trinajstić information content (AvgIpc) is 2.85. The second-order valence-electron chi connectivity index (χ2n) is 9.05. The third-order valence-electron chi connectivity index (χ3n) is 6.61. The quantitative estimate of drug-likeness (QED) is 0.229. The van der Waals surface area contributed by atoms with Crippen molar-refractivity contribution in [1.29, 1.82) is 0 Å². The Morgan fingerprint density at radius 3 is 2.27 bits per heavy atom. The molecule has 0 atom stereocenters. The topological polar surface area (TPSA) is 15.7 Å². The highest BCUT2D eigenvalue weighted by molar-refractivity contribution is 7.99. The monoisotopic (exact) mass is 468 g/mol. The number of unbranched alkanes of at least 4 members (excludes halogenated alkanes) is 7. The molecule has 4 heteroatoms. The summed E-state index contributed by atoms with van der Waals surface area (Å²) in [7, 11) is 0. The van der Waals surface area contributed by atoms with Gasteiger partial charge in [-0.1, -0.05) is 83.2 Å². The van der Waals surface area contributed by atoms with Gasteiger partial charge in [-0.2, -0.15) is 0 Å². The number of benzene rings is 2. The predicted octanol–water partition coefficient (Wildman–Crippen LogP) is 8.54. The van der Waals surface area contributed by atoms with Gasteiger partial charge in [0.1, 0.15) is 5.75 Å². The Balaban J connectivity index is 1.53. The summed E-state index contributed by atoms with van der Waals surface area (Å²) < 4.78 is 6.08. The molecule has 0 fully saturated rings. The van der Waals surface area contributed by atoms with Gasteiger partial charge < -0.3 is 14.5 Å². The average molecular weight is 469 g/mol. The molecule has 1 heterocycles. The number of anilines is 2. The first kappa shape index (κ1) is 26.0. The highest BCUT2D eigenvalue weighted by atomic mass is 32.2. The van der Waals surface area contributed by atoms with E-state index in [0.29, 0.717) is 0 Å². The Hall–Kier alpha value is -1.65. The fourth-order valence-electron chi connectivity index (χ4n) is 4.53. The van der Waals surface area contributed by atoms with Crippen LogP contribution in [-0.2, 0) is 0 Å². The summed E-state index contributed by atoms with van der Waals surface area (Å²) in [5.74, 6) is 1.00. The molecule has 1 aliphatic rings. The number of rotatable bonds is 16. The maximum atomic E-state index is 6.08. The summed E-state index contributed by atoms with van der Waals surface area (Å²) in [5.41, 5.74) is 2.66. The normalized spacial score (nSPS) is 12.7. The van der Waals surface area contributed by atoms with Crippen molar-refractivity contribution in [2.75, 3.05) is 37.7 Å². The van der Waals surface area contributed by atoms with Gasteiger partial charge in [0.15, 0.2) is 0 Å². The van der Waals surface area contributed by atoms with Crippen LogP contribution in [0.4, 0.5) is 11.4 Å². The second-order valence-corrected chi connectivity index (χ2v) is 10.1. The largest absolute Gasteiger partial charge is 0.494 e. The molecule has 0 saturated carbocycles. The lowest BCUT2D eigenvalue weighted by Crippen LogP contribution is -2.23. The molecule has 0 radical (unpaired) electrons. The van der Waals surface area contributed by atoms with Gasteiger partial charge in [-0.25, -0.2) is 0 Å². The summed E-state index contributed by atoms with van der Waals surface area (Å²) in [6, 6.07) is 15.5. The first-order chi connectivity index (χ1) is 16.3. The second kappa shape index (κ2) is 14.6. The Morgan fingerprint density at radius 2 is 1.48 bits per heavy atom. The van der Waals surface area contributed by atoms with Crippen molar-refractivity contribution < 1.29 is 4.74 Å². The van der Waals surface area contributed by atoms with Crippen molar-refractivity contribution >= 4 is 23.1 Å². The first-order valence-corrected chi connectivity index (χ1v) is 14.1. The van der Waals surface area contributed by atoms with Gasteiger partial charge in [0, 0.05) is 22.4 Å². The molecule has 0 bridgehead atoms. The Bertz CT molecular complexity index is 821. The minimum Gasteiger partial charge on any atom is -0.494 e. The maximum Gasteiger partial charge on any atom is 0.121 e. The van der Waals surface area contributed by atoms with Crippen molar-refractivity contribution in [3.8, 4) is 5.75 Å². The predicted molar refractivity (Wildman–Crippen MR) is 145 cm³/mol. The summed E-state index contributed by atoms with van der Waals surface area (Å²) in [6.45, 7) is 12.3. The van der Waals surface area contributed by atoms with Crippen LogP contribution in [0.5, 0.6) is 5.75 Å². The molecule has 0 saturated heterocycles. The van der Waals surface area contributed by atoms with Crippen molar-refractivity contribution in [2.45, 2.75) is 88.3 Å². The molecule has 0 N–H and O–H groups in total. The summed E-state index contributed by atoms with van der Waals surface area (Å²) in [4.78, 5) is 7.76. The molecule has 2 aromatic rings. The van der Waals surface area contributed by atoms with Crippen molar-refractivity contribution in [1.82, 2.24) is 4.90 Å². The molecule has 0 aromatic heterocycles. The van der Waals surface area contributed by atoms with Gasteiger partial charge >= 0.3 is 0 Å². The molecule has 0 unspecified atom stereocenters. The first-order valence-electron chi connectivity index (χ1n) is 13.3. The number of para-hydroxylation sites is 1. The standard InChI is InChI=1S/C29H44N2OS/c1-4-7-16-23-32-25-19-20-29-27(24-25)31(26-17-12-13-18-28(26)33-29)22-15-11-9-8-10-14-21-30(5-2)6-3/h12-13,17-20,24H,4-11,14-16,21-23H2,1-3H3. The van der Waals surface area contributed by atoms with Crippen LogP contribution in [0.3, 0.4) is 0 Å². The summed E-state index contributed by atoms with van der Waals surface area (Å²) >= 11 is 1.88. The van der Waals surface area contributed by atoms with E-state index in [4.69, 9.17) is 4.74 Å². The van der Waals surface area contributed by atoms with Crippen LogP contribution in [0.15, 0.2) is 52.3 Å². The molecule has 0 aliphatic carbocycles. The molecule has 3 rings (SSSR count). The fourth-order valence-corrected chi connectivity index (χ4v) is 5.61. The minimum atomic E-state index is 0.810. The number of hydrogen-bond acceptors (Lipinski definition) is 4. The van der Waals surface area contributed by atoms with E-state index >= 15 is 0 Å². The highest BCUT2D eigenvalue weighted by Crippen LogP contribution is 2.49. The molecule has 2 aromatic carbocycles. The lowest BCUT2D eigenvalue weighted by atomic mass is 10.1. The third kappa shape index (κ3) is 7.96. The lowest BCUT2D eigenvalue weighted by molar-refractivity contribution is 0.295. The van der Waals surface area contributed by atoms with Crippen molar-refractivity contribution in [3.63, 3.8) is 0 Å². The molecule has 33 heavy (non-hydrogen) atoms.